The Hall–Kier alpha value is 0.110. The third-order valence-corrected chi connectivity index (χ3v) is 2.51. The summed E-state index contributed by atoms with van der Waals surface area (Å²) < 4.78 is 25.9. The van der Waals surface area contributed by atoms with Crippen LogP contribution in [0.1, 0.15) is 13.8 Å². The van der Waals surface area contributed by atoms with Gasteiger partial charge in [-0.3, -0.25) is 4.57 Å². The van der Waals surface area contributed by atoms with E-state index in [-0.39, 0.29) is 6.10 Å². The van der Waals surface area contributed by atoms with Gasteiger partial charge in [0.25, 0.3) is 0 Å². The van der Waals surface area contributed by atoms with E-state index in [9.17, 15) is 4.57 Å². The molecule has 0 heterocycles. The SMILES string of the molecule is COP(C)(=O)OCCOC(C)C. The van der Waals surface area contributed by atoms with E-state index >= 15 is 0 Å². The van der Waals surface area contributed by atoms with Crippen molar-refractivity contribution >= 4 is 7.60 Å². The second-order valence-electron chi connectivity index (χ2n) is 2.71. The summed E-state index contributed by atoms with van der Waals surface area (Å²) in [6.45, 7) is 6.05. The summed E-state index contributed by atoms with van der Waals surface area (Å²) in [4.78, 5) is 0. The zero-order valence-corrected chi connectivity index (χ0v) is 8.97. The molecule has 0 radical (unpaired) electrons. The Morgan fingerprint density at radius 3 is 2.33 bits per heavy atom. The molecule has 0 spiro atoms. The van der Waals surface area contributed by atoms with Gasteiger partial charge in [-0.15, -0.1) is 0 Å². The highest BCUT2D eigenvalue weighted by atomic mass is 31.2. The van der Waals surface area contributed by atoms with Crippen molar-refractivity contribution in [3.05, 3.63) is 0 Å². The highest BCUT2D eigenvalue weighted by Crippen LogP contribution is 2.42. The maximum absolute atomic E-state index is 11.1. The molecule has 0 rings (SSSR count). The standard InChI is InChI=1S/C7H17O4P/c1-7(2)10-5-6-11-12(4,8)9-3/h7H,5-6H2,1-4H3. The monoisotopic (exact) mass is 196 g/mol. The molecular formula is C7H17O4P. The lowest BCUT2D eigenvalue weighted by Gasteiger charge is -2.12. The number of rotatable bonds is 6. The predicted octanol–water partition coefficient (Wildman–Crippen LogP) is 1.90. The molecule has 0 aromatic heterocycles. The van der Waals surface area contributed by atoms with E-state index in [1.165, 1.54) is 13.8 Å². The molecule has 0 aromatic carbocycles. The molecule has 5 heteroatoms. The molecule has 0 saturated heterocycles. The van der Waals surface area contributed by atoms with E-state index in [0.29, 0.717) is 13.2 Å². The quantitative estimate of drug-likeness (QED) is 0.480. The van der Waals surface area contributed by atoms with E-state index in [2.05, 4.69) is 4.52 Å². The van der Waals surface area contributed by atoms with E-state index in [1.54, 1.807) is 0 Å². The topological polar surface area (TPSA) is 44.8 Å². The van der Waals surface area contributed by atoms with Gasteiger partial charge in [0.2, 0.25) is 0 Å². The van der Waals surface area contributed by atoms with Crippen LogP contribution in [0.3, 0.4) is 0 Å². The summed E-state index contributed by atoms with van der Waals surface area (Å²) in [6, 6.07) is 0. The minimum absolute atomic E-state index is 0.174. The number of ether oxygens (including phenoxy) is 1. The molecule has 12 heavy (non-hydrogen) atoms. The van der Waals surface area contributed by atoms with Crippen LogP contribution in [0.4, 0.5) is 0 Å². The van der Waals surface area contributed by atoms with Crippen LogP contribution in [0.15, 0.2) is 0 Å². The molecule has 0 fully saturated rings. The van der Waals surface area contributed by atoms with Gasteiger partial charge >= 0.3 is 7.60 Å². The van der Waals surface area contributed by atoms with E-state index < -0.39 is 7.60 Å². The van der Waals surface area contributed by atoms with Crippen LogP contribution >= 0.6 is 7.60 Å². The van der Waals surface area contributed by atoms with Crippen LogP contribution in [0.5, 0.6) is 0 Å². The fourth-order valence-electron chi connectivity index (χ4n) is 0.540. The molecule has 0 saturated carbocycles. The van der Waals surface area contributed by atoms with Crippen LogP contribution in [-0.2, 0) is 18.3 Å². The lowest BCUT2D eigenvalue weighted by atomic mass is 10.5. The van der Waals surface area contributed by atoms with Crippen molar-refractivity contribution in [3.8, 4) is 0 Å². The Kier molecular flexibility index (Phi) is 5.76. The second kappa shape index (κ2) is 5.70. The summed E-state index contributed by atoms with van der Waals surface area (Å²) in [5.74, 6) is 0. The first-order chi connectivity index (χ1) is 5.48. The van der Waals surface area contributed by atoms with Crippen LogP contribution < -0.4 is 0 Å². The largest absolute Gasteiger partial charge is 0.376 e. The van der Waals surface area contributed by atoms with Gasteiger partial charge in [0, 0.05) is 13.8 Å². The molecule has 0 amide bonds. The van der Waals surface area contributed by atoms with Crippen molar-refractivity contribution in [1.29, 1.82) is 0 Å². The molecule has 0 N–H and O–H groups in total. The molecule has 0 aliphatic heterocycles. The molecule has 0 aromatic rings. The average Bonchev–Trinajstić information content (AvgIpc) is 1.98. The summed E-state index contributed by atoms with van der Waals surface area (Å²) in [5, 5.41) is 0. The summed E-state index contributed by atoms with van der Waals surface area (Å²) in [6.07, 6.45) is 0.174. The Labute approximate surface area is 73.7 Å². The van der Waals surface area contributed by atoms with E-state index in [4.69, 9.17) is 9.26 Å². The summed E-state index contributed by atoms with van der Waals surface area (Å²) >= 11 is 0. The minimum atomic E-state index is -2.81. The summed E-state index contributed by atoms with van der Waals surface area (Å²) in [5.41, 5.74) is 0. The zero-order valence-electron chi connectivity index (χ0n) is 8.07. The lowest BCUT2D eigenvalue weighted by molar-refractivity contribution is 0.0518. The Morgan fingerprint density at radius 1 is 1.33 bits per heavy atom. The van der Waals surface area contributed by atoms with Crippen molar-refractivity contribution in [3.63, 3.8) is 0 Å². The molecule has 74 valence electrons. The highest BCUT2D eigenvalue weighted by Gasteiger charge is 2.13. The first-order valence-corrected chi connectivity index (χ1v) is 5.86. The van der Waals surface area contributed by atoms with Crippen molar-refractivity contribution in [2.75, 3.05) is 27.0 Å². The predicted molar refractivity (Wildman–Crippen MR) is 47.6 cm³/mol. The van der Waals surface area contributed by atoms with Crippen molar-refractivity contribution in [2.45, 2.75) is 20.0 Å². The van der Waals surface area contributed by atoms with Gasteiger partial charge in [0.05, 0.1) is 19.3 Å². The summed E-state index contributed by atoms with van der Waals surface area (Å²) in [7, 11) is -1.45. The fraction of sp³-hybridized carbons (Fsp3) is 1.00. The van der Waals surface area contributed by atoms with Crippen LogP contribution in [-0.4, -0.2) is 33.1 Å². The average molecular weight is 196 g/mol. The van der Waals surface area contributed by atoms with Gasteiger partial charge in [-0.2, -0.15) is 0 Å². The smallest absolute Gasteiger partial charge is 0.327 e. The minimum Gasteiger partial charge on any atom is -0.376 e. The van der Waals surface area contributed by atoms with Crippen molar-refractivity contribution < 1.29 is 18.3 Å². The van der Waals surface area contributed by atoms with E-state index in [0.717, 1.165) is 0 Å². The normalized spacial score (nSPS) is 16.4. The molecule has 0 aliphatic rings. The molecule has 0 aliphatic carbocycles. The second-order valence-corrected chi connectivity index (χ2v) is 4.87. The van der Waals surface area contributed by atoms with Gasteiger partial charge in [-0.05, 0) is 13.8 Å². The first kappa shape index (κ1) is 12.1. The molecule has 1 atom stereocenters. The molecule has 0 bridgehead atoms. The van der Waals surface area contributed by atoms with Crippen LogP contribution in [0.25, 0.3) is 0 Å². The van der Waals surface area contributed by atoms with E-state index in [1.807, 2.05) is 13.8 Å². The third kappa shape index (κ3) is 6.80. The van der Waals surface area contributed by atoms with Gasteiger partial charge in [-0.1, -0.05) is 0 Å². The Balaban J connectivity index is 3.38. The lowest BCUT2D eigenvalue weighted by Crippen LogP contribution is -2.08. The molecule has 4 nitrogen and oxygen atoms in total. The maximum atomic E-state index is 11.1. The highest BCUT2D eigenvalue weighted by molar-refractivity contribution is 7.52. The first-order valence-electron chi connectivity index (χ1n) is 3.87. The Morgan fingerprint density at radius 2 is 1.92 bits per heavy atom. The number of hydrogen-bond acceptors (Lipinski definition) is 4. The zero-order chi connectivity index (χ0) is 9.61. The van der Waals surface area contributed by atoms with Crippen LogP contribution in [0.2, 0.25) is 0 Å². The van der Waals surface area contributed by atoms with Crippen LogP contribution in [0, 0.1) is 0 Å². The Bertz CT molecular complexity index is 157. The van der Waals surface area contributed by atoms with Gasteiger partial charge < -0.3 is 13.8 Å². The number of hydrogen-bond donors (Lipinski definition) is 0. The van der Waals surface area contributed by atoms with Gasteiger partial charge in [0.1, 0.15) is 0 Å². The molecule has 1 unspecified atom stereocenters. The van der Waals surface area contributed by atoms with Gasteiger partial charge in [0.15, 0.2) is 0 Å². The van der Waals surface area contributed by atoms with Gasteiger partial charge in [-0.25, -0.2) is 0 Å². The third-order valence-electron chi connectivity index (χ3n) is 1.19. The van der Waals surface area contributed by atoms with Crippen molar-refractivity contribution in [2.24, 2.45) is 0 Å². The fourth-order valence-corrected chi connectivity index (χ4v) is 1.05. The van der Waals surface area contributed by atoms with Crippen molar-refractivity contribution in [1.82, 2.24) is 0 Å². The maximum Gasteiger partial charge on any atom is 0.327 e. The molecular weight excluding hydrogens is 179 g/mol.